The van der Waals surface area contributed by atoms with Crippen LogP contribution < -0.4 is 0 Å². The third-order valence-electron chi connectivity index (χ3n) is 3.55. The van der Waals surface area contributed by atoms with Crippen LogP contribution in [0.2, 0.25) is 0 Å². The van der Waals surface area contributed by atoms with Gasteiger partial charge in [0.2, 0.25) is 0 Å². The summed E-state index contributed by atoms with van der Waals surface area (Å²) in [6.45, 7) is 7.67. The molecule has 0 aromatic rings. The number of esters is 1. The number of hydrogen-bond donors (Lipinski definition) is 0. The fourth-order valence-corrected chi connectivity index (χ4v) is 2.37. The van der Waals surface area contributed by atoms with Gasteiger partial charge in [-0.3, -0.25) is 9.69 Å². The Kier molecular flexibility index (Phi) is 8.77. The number of hydrogen-bond acceptors (Lipinski definition) is 6. The van der Waals surface area contributed by atoms with E-state index in [0.717, 1.165) is 19.6 Å². The molecule has 118 valence electrons. The molecule has 1 aliphatic rings. The SMILES string of the molecule is COCCOCCOCCN1CC(C)C(C(=O)OC)C1. The summed E-state index contributed by atoms with van der Waals surface area (Å²) in [4.78, 5) is 13.8. The van der Waals surface area contributed by atoms with E-state index in [9.17, 15) is 4.79 Å². The molecule has 1 aliphatic heterocycles. The van der Waals surface area contributed by atoms with E-state index in [4.69, 9.17) is 18.9 Å². The normalized spacial score (nSPS) is 23.1. The Morgan fingerprint density at radius 2 is 1.70 bits per heavy atom. The Hall–Kier alpha value is -0.690. The van der Waals surface area contributed by atoms with Gasteiger partial charge >= 0.3 is 5.97 Å². The molecule has 0 spiro atoms. The first-order valence-electron chi connectivity index (χ1n) is 7.13. The number of carbonyl (C=O) groups is 1. The van der Waals surface area contributed by atoms with Crippen molar-refractivity contribution in [2.75, 3.05) is 66.9 Å². The molecule has 0 amide bonds. The lowest BCUT2D eigenvalue weighted by atomic mass is 9.99. The molecule has 1 rings (SSSR count). The van der Waals surface area contributed by atoms with Gasteiger partial charge < -0.3 is 18.9 Å². The van der Waals surface area contributed by atoms with Gasteiger partial charge in [-0.1, -0.05) is 6.92 Å². The van der Waals surface area contributed by atoms with Crippen molar-refractivity contribution in [1.82, 2.24) is 4.90 Å². The molecular weight excluding hydrogens is 262 g/mol. The first-order chi connectivity index (χ1) is 9.69. The summed E-state index contributed by atoms with van der Waals surface area (Å²) in [5.41, 5.74) is 0. The van der Waals surface area contributed by atoms with Gasteiger partial charge in [0, 0.05) is 26.7 Å². The third-order valence-corrected chi connectivity index (χ3v) is 3.55. The molecule has 6 heteroatoms. The van der Waals surface area contributed by atoms with Crippen LogP contribution in [0.4, 0.5) is 0 Å². The highest BCUT2D eigenvalue weighted by molar-refractivity contribution is 5.73. The van der Waals surface area contributed by atoms with E-state index < -0.39 is 0 Å². The minimum atomic E-state index is -0.104. The molecule has 1 saturated heterocycles. The van der Waals surface area contributed by atoms with Gasteiger partial charge in [0.1, 0.15) is 0 Å². The second-order valence-corrected chi connectivity index (χ2v) is 5.08. The maximum Gasteiger partial charge on any atom is 0.310 e. The van der Waals surface area contributed by atoms with Crippen LogP contribution in [-0.2, 0) is 23.7 Å². The number of nitrogens with zero attached hydrogens (tertiary/aromatic N) is 1. The first kappa shape index (κ1) is 17.4. The van der Waals surface area contributed by atoms with Crippen LogP contribution in [-0.4, -0.2) is 77.8 Å². The Morgan fingerprint density at radius 3 is 2.35 bits per heavy atom. The molecule has 2 unspecified atom stereocenters. The van der Waals surface area contributed by atoms with Gasteiger partial charge in [-0.25, -0.2) is 0 Å². The zero-order valence-electron chi connectivity index (χ0n) is 12.8. The Balaban J connectivity index is 2.02. The lowest BCUT2D eigenvalue weighted by Gasteiger charge is -2.15. The average Bonchev–Trinajstić information content (AvgIpc) is 2.82. The monoisotopic (exact) mass is 289 g/mol. The van der Waals surface area contributed by atoms with Crippen molar-refractivity contribution in [3.63, 3.8) is 0 Å². The molecule has 1 fully saturated rings. The largest absolute Gasteiger partial charge is 0.469 e. The van der Waals surface area contributed by atoms with Crippen LogP contribution in [0.1, 0.15) is 6.92 Å². The number of carbonyl (C=O) groups excluding carboxylic acids is 1. The molecule has 0 radical (unpaired) electrons. The molecule has 0 aromatic heterocycles. The zero-order valence-corrected chi connectivity index (χ0v) is 12.8. The predicted octanol–water partition coefficient (Wildman–Crippen LogP) is 0.407. The van der Waals surface area contributed by atoms with Gasteiger partial charge in [0.15, 0.2) is 0 Å². The standard InChI is InChI=1S/C14H27NO5/c1-12-10-15(11-13(12)14(16)18-3)4-5-19-8-9-20-7-6-17-2/h12-13H,4-11H2,1-3H3. The highest BCUT2D eigenvalue weighted by Gasteiger charge is 2.35. The fourth-order valence-electron chi connectivity index (χ4n) is 2.37. The van der Waals surface area contributed by atoms with Crippen LogP contribution in [0.25, 0.3) is 0 Å². The van der Waals surface area contributed by atoms with E-state index in [2.05, 4.69) is 11.8 Å². The minimum absolute atomic E-state index is 0.00243. The fraction of sp³-hybridized carbons (Fsp3) is 0.929. The van der Waals surface area contributed by atoms with Gasteiger partial charge in [-0.15, -0.1) is 0 Å². The molecule has 0 N–H and O–H groups in total. The van der Waals surface area contributed by atoms with Crippen molar-refractivity contribution in [3.8, 4) is 0 Å². The van der Waals surface area contributed by atoms with E-state index >= 15 is 0 Å². The Morgan fingerprint density at radius 1 is 1.05 bits per heavy atom. The van der Waals surface area contributed by atoms with Crippen molar-refractivity contribution in [2.45, 2.75) is 6.92 Å². The molecule has 0 aliphatic carbocycles. The number of rotatable bonds is 10. The summed E-state index contributed by atoms with van der Waals surface area (Å²) >= 11 is 0. The number of methoxy groups -OCH3 is 2. The molecule has 0 saturated carbocycles. The predicted molar refractivity (Wildman–Crippen MR) is 74.6 cm³/mol. The maximum atomic E-state index is 11.6. The quantitative estimate of drug-likeness (QED) is 0.429. The third kappa shape index (κ3) is 6.17. The second-order valence-electron chi connectivity index (χ2n) is 5.08. The Labute approximate surface area is 121 Å². The summed E-state index contributed by atoms with van der Waals surface area (Å²) in [6.07, 6.45) is 0. The Bertz CT molecular complexity index is 274. The van der Waals surface area contributed by atoms with Crippen molar-refractivity contribution in [1.29, 1.82) is 0 Å². The van der Waals surface area contributed by atoms with Crippen molar-refractivity contribution in [3.05, 3.63) is 0 Å². The maximum absolute atomic E-state index is 11.6. The van der Waals surface area contributed by atoms with Crippen molar-refractivity contribution in [2.24, 2.45) is 11.8 Å². The lowest BCUT2D eigenvalue weighted by Crippen LogP contribution is -2.27. The van der Waals surface area contributed by atoms with E-state index in [-0.39, 0.29) is 11.9 Å². The molecular formula is C14H27NO5. The summed E-state index contributed by atoms with van der Waals surface area (Å²) in [7, 11) is 3.10. The number of likely N-dealkylation sites (tertiary alicyclic amines) is 1. The minimum Gasteiger partial charge on any atom is -0.469 e. The van der Waals surface area contributed by atoms with Crippen LogP contribution in [0, 0.1) is 11.8 Å². The van der Waals surface area contributed by atoms with Crippen molar-refractivity contribution < 1.29 is 23.7 Å². The van der Waals surface area contributed by atoms with Crippen LogP contribution in [0.15, 0.2) is 0 Å². The van der Waals surface area contributed by atoms with Crippen molar-refractivity contribution >= 4 is 5.97 Å². The van der Waals surface area contributed by atoms with E-state index in [1.165, 1.54) is 7.11 Å². The van der Waals surface area contributed by atoms with E-state index in [0.29, 0.717) is 39.0 Å². The van der Waals surface area contributed by atoms with E-state index in [1.807, 2.05) is 0 Å². The molecule has 0 aromatic carbocycles. The van der Waals surface area contributed by atoms with Crippen LogP contribution in [0.5, 0.6) is 0 Å². The molecule has 0 bridgehead atoms. The highest BCUT2D eigenvalue weighted by Crippen LogP contribution is 2.23. The molecule has 6 nitrogen and oxygen atoms in total. The van der Waals surface area contributed by atoms with Gasteiger partial charge in [0.25, 0.3) is 0 Å². The summed E-state index contributed by atoms with van der Waals surface area (Å²) in [6, 6.07) is 0. The molecule has 20 heavy (non-hydrogen) atoms. The number of ether oxygens (including phenoxy) is 4. The average molecular weight is 289 g/mol. The smallest absolute Gasteiger partial charge is 0.310 e. The topological polar surface area (TPSA) is 57.2 Å². The summed E-state index contributed by atoms with van der Waals surface area (Å²) in [5, 5.41) is 0. The summed E-state index contributed by atoms with van der Waals surface area (Å²) in [5.74, 6) is 0.240. The lowest BCUT2D eigenvalue weighted by molar-refractivity contribution is -0.146. The summed E-state index contributed by atoms with van der Waals surface area (Å²) < 4.78 is 20.5. The first-order valence-corrected chi connectivity index (χ1v) is 7.13. The van der Waals surface area contributed by atoms with E-state index in [1.54, 1.807) is 7.11 Å². The van der Waals surface area contributed by atoms with Gasteiger partial charge in [-0.2, -0.15) is 0 Å². The second kappa shape index (κ2) is 10.1. The zero-order chi connectivity index (χ0) is 14.8. The van der Waals surface area contributed by atoms with Crippen LogP contribution >= 0.6 is 0 Å². The van der Waals surface area contributed by atoms with Gasteiger partial charge in [-0.05, 0) is 5.92 Å². The van der Waals surface area contributed by atoms with Crippen LogP contribution in [0.3, 0.4) is 0 Å². The van der Waals surface area contributed by atoms with Gasteiger partial charge in [0.05, 0.1) is 46.1 Å². The highest BCUT2D eigenvalue weighted by atomic mass is 16.5. The molecule has 1 heterocycles. The molecule has 2 atom stereocenters.